The highest BCUT2D eigenvalue weighted by Gasteiger charge is 2.36. The fourth-order valence-electron chi connectivity index (χ4n) is 4.81. The van der Waals surface area contributed by atoms with Crippen LogP contribution in [0.15, 0.2) is 48.6 Å². The van der Waals surface area contributed by atoms with E-state index >= 15 is 0 Å². The summed E-state index contributed by atoms with van der Waals surface area (Å²) in [6.07, 6.45) is 3.45. The minimum Gasteiger partial charge on any atom is -0.455 e. The largest absolute Gasteiger partial charge is 0.455 e. The molecule has 1 aromatic carbocycles. The van der Waals surface area contributed by atoms with Gasteiger partial charge in [-0.05, 0) is 63.8 Å². The number of benzene rings is 1. The smallest absolute Gasteiger partial charge is 0.345 e. The molecule has 2 aliphatic heterocycles. The molecule has 3 amide bonds. The van der Waals surface area contributed by atoms with Gasteiger partial charge in [0.15, 0.2) is 0 Å². The van der Waals surface area contributed by atoms with Gasteiger partial charge in [-0.1, -0.05) is 36.9 Å². The zero-order valence-corrected chi connectivity index (χ0v) is 25.1. The summed E-state index contributed by atoms with van der Waals surface area (Å²) >= 11 is 0. The number of nitrogens with one attached hydrogen (secondary N) is 3. The molecule has 4 atom stereocenters. The fourth-order valence-corrected chi connectivity index (χ4v) is 4.81. The summed E-state index contributed by atoms with van der Waals surface area (Å²) in [5, 5.41) is 7.01. The minimum absolute atomic E-state index is 0.134. The number of carbonyl (C=O) groups is 4. The Labute approximate surface area is 254 Å². The standard InChI is InChI=1S/C31H37F2N5O6/c1-17(2)25-26(39)35-24(16-43-30(32)33)27(40)38-14-6-7-22(37-38)28(41)44-18(3)21-11-10-20-9-8-19(15-23(20)34-21)12-13-31(4,5)29(42)36-25/h8-13,15,18,22,24-25,30,37H,1,6-7,14,16H2,2-5H3,(H,35,39)(H,36,42)/b13-12+/t18-,22+,24+,25+/m1/s1. The Morgan fingerprint density at radius 3 is 2.61 bits per heavy atom. The third kappa shape index (κ3) is 7.83. The van der Waals surface area contributed by atoms with Crippen LogP contribution in [0.3, 0.4) is 0 Å². The molecule has 0 unspecified atom stereocenters. The zero-order valence-electron chi connectivity index (χ0n) is 25.1. The normalized spacial score (nSPS) is 25.8. The molecule has 2 aliphatic rings. The number of alkyl halides is 2. The van der Waals surface area contributed by atoms with Crippen molar-refractivity contribution >= 4 is 40.7 Å². The van der Waals surface area contributed by atoms with Crippen LogP contribution in [0.4, 0.5) is 8.78 Å². The first-order chi connectivity index (χ1) is 20.7. The van der Waals surface area contributed by atoms with Gasteiger partial charge in [-0.25, -0.2) is 10.4 Å². The van der Waals surface area contributed by atoms with Gasteiger partial charge < -0.3 is 20.1 Å². The first-order valence-electron chi connectivity index (χ1n) is 14.3. The second kappa shape index (κ2) is 13.6. The average Bonchev–Trinajstić information content (AvgIpc) is 2.99. The van der Waals surface area contributed by atoms with Crippen molar-refractivity contribution in [2.45, 2.75) is 71.4 Å². The third-order valence-corrected chi connectivity index (χ3v) is 7.50. The van der Waals surface area contributed by atoms with E-state index in [4.69, 9.17) is 4.74 Å². The molecule has 1 fully saturated rings. The summed E-state index contributed by atoms with van der Waals surface area (Å²) in [5.74, 6) is -2.79. The maximum absolute atomic E-state index is 13.5. The van der Waals surface area contributed by atoms with E-state index in [-0.39, 0.29) is 12.1 Å². The van der Waals surface area contributed by atoms with Crippen LogP contribution in [-0.4, -0.2) is 71.6 Å². The molecule has 13 heteroatoms. The summed E-state index contributed by atoms with van der Waals surface area (Å²) in [6, 6.07) is 5.46. The Morgan fingerprint density at radius 1 is 1.18 bits per heavy atom. The van der Waals surface area contributed by atoms with Gasteiger partial charge in [-0.3, -0.25) is 24.2 Å². The molecule has 0 radical (unpaired) electrons. The van der Waals surface area contributed by atoms with E-state index in [1.165, 1.54) is 6.92 Å². The number of hydrogen-bond donors (Lipinski definition) is 3. The summed E-state index contributed by atoms with van der Waals surface area (Å²) in [7, 11) is 0. The van der Waals surface area contributed by atoms with Gasteiger partial charge in [0, 0.05) is 11.9 Å². The van der Waals surface area contributed by atoms with Crippen molar-refractivity contribution in [3.8, 4) is 0 Å². The van der Waals surface area contributed by atoms with E-state index in [1.807, 2.05) is 24.3 Å². The first-order valence-corrected chi connectivity index (χ1v) is 14.3. The Morgan fingerprint density at radius 2 is 1.91 bits per heavy atom. The van der Waals surface area contributed by atoms with Gasteiger partial charge in [-0.15, -0.1) is 0 Å². The van der Waals surface area contributed by atoms with Crippen LogP contribution in [0.5, 0.6) is 0 Å². The van der Waals surface area contributed by atoms with Crippen molar-refractivity contribution < 1.29 is 37.4 Å². The lowest BCUT2D eigenvalue weighted by atomic mass is 9.90. The van der Waals surface area contributed by atoms with E-state index in [2.05, 4.69) is 32.4 Å². The Hall–Kier alpha value is -4.23. The number of amides is 3. The van der Waals surface area contributed by atoms with Crippen molar-refractivity contribution in [2.24, 2.45) is 5.41 Å². The second-order valence-electron chi connectivity index (χ2n) is 11.5. The predicted octanol–water partition coefficient (Wildman–Crippen LogP) is 3.17. The van der Waals surface area contributed by atoms with Gasteiger partial charge in [0.1, 0.15) is 24.2 Å². The van der Waals surface area contributed by atoms with Crippen LogP contribution >= 0.6 is 0 Å². The number of hydrogen-bond acceptors (Lipinski definition) is 8. The number of carbonyl (C=O) groups excluding carboxylic acids is 4. The highest BCUT2D eigenvalue weighted by atomic mass is 19.3. The number of esters is 1. The summed E-state index contributed by atoms with van der Waals surface area (Å²) < 4.78 is 36.1. The van der Waals surface area contributed by atoms with Gasteiger partial charge in [0.25, 0.3) is 5.91 Å². The molecule has 11 nitrogen and oxygen atoms in total. The lowest BCUT2D eigenvalue weighted by Gasteiger charge is -2.35. The molecule has 1 aromatic heterocycles. The van der Waals surface area contributed by atoms with Crippen molar-refractivity contribution in [3.63, 3.8) is 0 Å². The van der Waals surface area contributed by atoms with E-state index < -0.39 is 66.6 Å². The lowest BCUT2D eigenvalue weighted by Crippen LogP contribution is -2.62. The molecule has 4 rings (SSSR count). The molecule has 2 aromatic rings. The number of hydrazine groups is 1. The van der Waals surface area contributed by atoms with Crippen molar-refractivity contribution in [2.75, 3.05) is 13.2 Å². The molecule has 236 valence electrons. The highest BCUT2D eigenvalue weighted by Crippen LogP contribution is 2.25. The first kappa shape index (κ1) is 32.7. The summed E-state index contributed by atoms with van der Waals surface area (Å²) in [4.78, 5) is 57.9. The molecular weight excluding hydrogens is 576 g/mol. The van der Waals surface area contributed by atoms with Gasteiger partial charge >= 0.3 is 12.6 Å². The number of pyridine rings is 1. The zero-order chi connectivity index (χ0) is 32.2. The third-order valence-electron chi connectivity index (χ3n) is 7.50. The van der Waals surface area contributed by atoms with Crippen LogP contribution in [0.1, 0.15) is 57.9 Å². The van der Waals surface area contributed by atoms with Crippen molar-refractivity contribution in [3.05, 3.63) is 59.8 Å². The van der Waals surface area contributed by atoms with Gasteiger partial charge in [0.2, 0.25) is 11.8 Å². The van der Waals surface area contributed by atoms with E-state index in [0.717, 1.165) is 16.0 Å². The number of ether oxygens (including phenoxy) is 2. The van der Waals surface area contributed by atoms with Crippen LogP contribution in [-0.2, 0) is 28.7 Å². The van der Waals surface area contributed by atoms with Crippen LogP contribution in [0.2, 0.25) is 0 Å². The molecule has 0 aliphatic carbocycles. The van der Waals surface area contributed by atoms with E-state index in [0.29, 0.717) is 24.1 Å². The van der Waals surface area contributed by atoms with Crippen molar-refractivity contribution in [1.82, 2.24) is 26.1 Å². The number of fused-ring (bicyclic) bond motifs is 4. The number of halogens is 2. The maximum Gasteiger partial charge on any atom is 0.345 e. The fraction of sp³-hybridized carbons (Fsp3) is 0.452. The summed E-state index contributed by atoms with van der Waals surface area (Å²) in [6.45, 7) is 6.38. The number of nitrogens with zero attached hydrogens (tertiary/aromatic N) is 2. The molecule has 0 saturated carbocycles. The molecule has 0 spiro atoms. The van der Waals surface area contributed by atoms with Crippen LogP contribution in [0, 0.1) is 5.41 Å². The molecule has 5 bridgehead atoms. The molecular formula is C31H37F2N5O6. The molecule has 3 N–H and O–H groups in total. The van der Waals surface area contributed by atoms with E-state index in [9.17, 15) is 28.0 Å². The second-order valence-corrected chi connectivity index (χ2v) is 11.5. The SMILES string of the molecule is C=C(C)[C@@H]1NC(=O)C(C)(C)/C=C/c2ccc3ccc(nc3c2)[C@@H](C)OC(=O)[C@@H]2CCCN(N2)C(=O)[C@H](COC(F)F)NC1=O. The highest BCUT2D eigenvalue weighted by molar-refractivity contribution is 5.95. The van der Waals surface area contributed by atoms with Gasteiger partial charge in [0.05, 0.1) is 23.2 Å². The van der Waals surface area contributed by atoms with Crippen LogP contribution < -0.4 is 16.1 Å². The average molecular weight is 614 g/mol. The van der Waals surface area contributed by atoms with Gasteiger partial charge in [-0.2, -0.15) is 8.78 Å². The molecule has 1 saturated heterocycles. The Balaban J connectivity index is 1.72. The Bertz CT molecular complexity index is 1480. The monoisotopic (exact) mass is 613 g/mol. The summed E-state index contributed by atoms with van der Waals surface area (Å²) in [5.41, 5.74) is 3.89. The number of rotatable bonds is 4. The maximum atomic E-state index is 13.5. The Kier molecular flexibility index (Phi) is 10.1. The number of cyclic esters (lactones) is 1. The molecule has 3 heterocycles. The lowest BCUT2D eigenvalue weighted by molar-refractivity contribution is -0.161. The minimum atomic E-state index is -3.21. The van der Waals surface area contributed by atoms with E-state index in [1.54, 1.807) is 39.0 Å². The topological polar surface area (TPSA) is 139 Å². The van der Waals surface area contributed by atoms with Crippen molar-refractivity contribution in [1.29, 1.82) is 0 Å². The predicted molar refractivity (Wildman–Crippen MR) is 158 cm³/mol. The quantitative estimate of drug-likeness (QED) is 0.353. The van der Waals surface area contributed by atoms with Crippen LogP contribution in [0.25, 0.3) is 17.0 Å². The molecule has 44 heavy (non-hydrogen) atoms. The number of aromatic nitrogens is 1.